The van der Waals surface area contributed by atoms with Gasteiger partial charge in [-0.2, -0.15) is 0 Å². The van der Waals surface area contributed by atoms with Crippen molar-refractivity contribution >= 4 is 58.6 Å². The summed E-state index contributed by atoms with van der Waals surface area (Å²) < 4.78 is 14.5. The monoisotopic (exact) mass is 838 g/mol. The number of likely N-dealkylation sites (tertiary alicyclic amines) is 2. The smallest absolute Gasteiger partial charge is 0.319 e. The molecule has 0 bridgehead atoms. The Kier molecular flexibility index (Phi) is 13.3. The van der Waals surface area contributed by atoms with E-state index in [2.05, 4.69) is 21.3 Å². The molecular weight excluding hydrogens is 787 g/mol. The standard InChI is InChI=1S/C41H52ClFN8O8/c1-23-7-5-8-26(15-23)16-30(47-40(59)46-29-11-10-27(42)17-28(29)43)35(54)45-31(22-52)38(57)49-12-6-9-32(49)39(58)50-14-13-48(4)21-33(50)36(55)44-25(3)37(56)51-20-24(2)18-41(51)19-34(41)53/h5,7-8,10-11,15,17,24-25,30-33,52H,6,9,12-14,16,18-22H2,1-4H3,(H,44,55)(H,45,54)(H2,46,47,59)/t24-,25+,30+,31+,32+,33+,41-/m1/s1. The number of anilines is 1. The van der Waals surface area contributed by atoms with Crippen LogP contribution in [0.1, 0.15) is 50.7 Å². The van der Waals surface area contributed by atoms with Gasteiger partial charge in [-0.3, -0.25) is 28.8 Å². The highest BCUT2D eigenvalue weighted by Gasteiger charge is 2.63. The van der Waals surface area contributed by atoms with Gasteiger partial charge in [0, 0.05) is 50.6 Å². The van der Waals surface area contributed by atoms with E-state index in [-0.39, 0.29) is 60.8 Å². The topological polar surface area (TPSA) is 201 Å². The van der Waals surface area contributed by atoms with Crippen LogP contribution in [-0.2, 0) is 35.2 Å². The highest BCUT2D eigenvalue weighted by atomic mass is 35.5. The van der Waals surface area contributed by atoms with Gasteiger partial charge in [0.15, 0.2) is 5.78 Å². The number of hydrogen-bond acceptors (Lipinski definition) is 9. The molecule has 1 saturated carbocycles. The SMILES string of the molecule is Cc1cccc(C[C@H](NC(=O)Nc2ccc(Cl)cc2F)C(=O)N[C@@H](CO)C(=O)N2CCC[C@H]2C(=O)N2CCN(C)C[C@H]2C(=O)N[C@@H](C)C(=O)N2C[C@H](C)C[C@]23CC3=O)c1. The number of aryl methyl sites for hydroxylation is 1. The number of rotatable bonds is 12. The fraction of sp³-hybridized carbons (Fsp3) is 0.537. The molecule has 16 nitrogen and oxygen atoms in total. The highest BCUT2D eigenvalue weighted by Crippen LogP contribution is 2.48. The molecule has 2 aromatic rings. The first-order valence-electron chi connectivity index (χ1n) is 19.9. The van der Waals surface area contributed by atoms with Crippen molar-refractivity contribution in [3.05, 3.63) is 64.4 Å². The van der Waals surface area contributed by atoms with E-state index in [0.29, 0.717) is 37.9 Å². The molecule has 7 amide bonds. The lowest BCUT2D eigenvalue weighted by Crippen LogP contribution is -2.65. The zero-order chi connectivity index (χ0) is 42.8. The van der Waals surface area contributed by atoms with Crippen LogP contribution in [0.5, 0.6) is 0 Å². The second-order valence-electron chi connectivity index (χ2n) is 16.3. The molecule has 6 rings (SSSR count). The van der Waals surface area contributed by atoms with E-state index < -0.39 is 77.8 Å². The van der Waals surface area contributed by atoms with Crippen LogP contribution in [0.25, 0.3) is 0 Å². The second-order valence-corrected chi connectivity index (χ2v) is 16.8. The minimum atomic E-state index is -1.50. The van der Waals surface area contributed by atoms with Crippen molar-refractivity contribution in [1.29, 1.82) is 0 Å². The van der Waals surface area contributed by atoms with Gasteiger partial charge in [0.2, 0.25) is 29.5 Å². The number of aliphatic hydroxyl groups is 1. The zero-order valence-electron chi connectivity index (χ0n) is 33.6. The van der Waals surface area contributed by atoms with Crippen LogP contribution < -0.4 is 21.3 Å². The van der Waals surface area contributed by atoms with Crippen LogP contribution in [0.2, 0.25) is 5.02 Å². The first-order chi connectivity index (χ1) is 28.0. The largest absolute Gasteiger partial charge is 0.394 e. The molecule has 4 aliphatic rings. The average molecular weight is 839 g/mol. The molecule has 3 heterocycles. The predicted octanol–water partition coefficient (Wildman–Crippen LogP) is 1.22. The third kappa shape index (κ3) is 9.68. The number of Topliss-reactive ketones (excluding diaryl/α,β-unsaturated/α-hetero) is 1. The molecule has 4 fully saturated rings. The number of hydrogen-bond donors (Lipinski definition) is 5. The number of nitrogens with zero attached hydrogens (tertiary/aromatic N) is 4. The molecule has 1 aliphatic carbocycles. The van der Waals surface area contributed by atoms with Gasteiger partial charge in [0.1, 0.15) is 41.6 Å². The number of aliphatic hydroxyl groups excluding tert-OH is 1. The van der Waals surface area contributed by atoms with Crippen LogP contribution in [0.3, 0.4) is 0 Å². The molecule has 0 unspecified atom stereocenters. The van der Waals surface area contributed by atoms with E-state index >= 15 is 0 Å². The molecule has 1 spiro atoms. The van der Waals surface area contributed by atoms with Crippen LogP contribution in [-0.4, -0.2) is 148 Å². The van der Waals surface area contributed by atoms with E-state index in [1.54, 1.807) is 24.0 Å². The zero-order valence-corrected chi connectivity index (χ0v) is 34.4. The number of nitrogens with one attached hydrogen (secondary N) is 4. The molecule has 318 valence electrons. The minimum Gasteiger partial charge on any atom is -0.394 e. The molecular formula is C41H52ClFN8O8. The lowest BCUT2D eigenvalue weighted by atomic mass is 10.0. The Hall–Kier alpha value is -5.13. The van der Waals surface area contributed by atoms with Gasteiger partial charge in [0.05, 0.1) is 12.3 Å². The Bertz CT molecular complexity index is 2010. The van der Waals surface area contributed by atoms with Crippen molar-refractivity contribution in [3.8, 4) is 0 Å². The first kappa shape index (κ1) is 43.4. The summed E-state index contributed by atoms with van der Waals surface area (Å²) in [6.45, 7) is 5.94. The summed E-state index contributed by atoms with van der Waals surface area (Å²) in [5.41, 5.74) is 0.612. The average Bonchev–Trinajstić information content (AvgIpc) is 3.46. The number of carbonyl (C=O) groups is 7. The lowest BCUT2D eigenvalue weighted by molar-refractivity contribution is -0.152. The van der Waals surface area contributed by atoms with Crippen LogP contribution in [0.4, 0.5) is 14.9 Å². The third-order valence-corrected chi connectivity index (χ3v) is 11.9. The maximum atomic E-state index is 14.5. The van der Waals surface area contributed by atoms with Gasteiger partial charge >= 0.3 is 6.03 Å². The maximum Gasteiger partial charge on any atom is 0.319 e. The van der Waals surface area contributed by atoms with Gasteiger partial charge in [-0.05, 0) is 69.8 Å². The Morgan fingerprint density at radius 2 is 1.69 bits per heavy atom. The molecule has 0 radical (unpaired) electrons. The van der Waals surface area contributed by atoms with Crippen molar-refractivity contribution in [1.82, 2.24) is 35.6 Å². The second kappa shape index (κ2) is 18.0. The van der Waals surface area contributed by atoms with Gasteiger partial charge in [0.25, 0.3) is 0 Å². The maximum absolute atomic E-state index is 14.5. The number of likely N-dealkylation sites (N-methyl/N-ethyl adjacent to an activating group) is 1. The van der Waals surface area contributed by atoms with E-state index in [1.165, 1.54) is 21.9 Å². The molecule has 0 aromatic heterocycles. The van der Waals surface area contributed by atoms with Crippen molar-refractivity contribution in [2.75, 3.05) is 51.7 Å². The molecule has 7 atom stereocenters. The predicted molar refractivity (Wildman–Crippen MR) is 214 cm³/mol. The number of amides is 7. The van der Waals surface area contributed by atoms with E-state index in [0.717, 1.165) is 11.6 Å². The molecule has 3 aliphatic heterocycles. The summed E-state index contributed by atoms with van der Waals surface area (Å²) in [6, 6.07) is 4.25. The summed E-state index contributed by atoms with van der Waals surface area (Å²) in [5, 5.41) is 20.8. The molecule has 2 aromatic carbocycles. The van der Waals surface area contributed by atoms with E-state index in [9.17, 15) is 43.1 Å². The number of carbonyl (C=O) groups excluding carboxylic acids is 7. The summed E-state index contributed by atoms with van der Waals surface area (Å²) in [5.74, 6) is -3.53. The van der Waals surface area contributed by atoms with Crippen LogP contribution in [0.15, 0.2) is 42.5 Å². The molecule has 5 N–H and O–H groups in total. The lowest BCUT2D eigenvalue weighted by Gasteiger charge is -2.41. The summed E-state index contributed by atoms with van der Waals surface area (Å²) in [4.78, 5) is 101. The number of urea groups is 1. The Morgan fingerprint density at radius 3 is 2.37 bits per heavy atom. The van der Waals surface area contributed by atoms with Crippen molar-refractivity contribution in [2.45, 2.75) is 88.6 Å². The van der Waals surface area contributed by atoms with Gasteiger partial charge < -0.3 is 46.0 Å². The fourth-order valence-corrected chi connectivity index (χ4v) is 8.69. The van der Waals surface area contributed by atoms with E-state index in [1.807, 2.05) is 37.9 Å². The minimum absolute atomic E-state index is 0.0194. The van der Waals surface area contributed by atoms with Crippen LogP contribution >= 0.6 is 11.6 Å². The third-order valence-electron chi connectivity index (χ3n) is 11.7. The Morgan fingerprint density at radius 1 is 0.949 bits per heavy atom. The summed E-state index contributed by atoms with van der Waals surface area (Å²) in [6.07, 6.45) is 1.61. The molecule has 18 heteroatoms. The van der Waals surface area contributed by atoms with Crippen LogP contribution in [0, 0.1) is 18.7 Å². The van der Waals surface area contributed by atoms with E-state index in [4.69, 9.17) is 11.6 Å². The number of benzene rings is 2. The quantitative estimate of drug-likeness (QED) is 0.209. The Labute approximate surface area is 347 Å². The number of halogens is 2. The molecule has 3 saturated heterocycles. The number of ketones is 1. The highest BCUT2D eigenvalue weighted by molar-refractivity contribution is 6.30. The van der Waals surface area contributed by atoms with Gasteiger partial charge in [-0.1, -0.05) is 48.4 Å². The Balaban J connectivity index is 1.13. The first-order valence-corrected chi connectivity index (χ1v) is 20.3. The fourth-order valence-electron chi connectivity index (χ4n) is 8.53. The van der Waals surface area contributed by atoms with Crippen molar-refractivity contribution < 1.29 is 43.1 Å². The van der Waals surface area contributed by atoms with Gasteiger partial charge in [-0.15, -0.1) is 0 Å². The van der Waals surface area contributed by atoms with Crippen molar-refractivity contribution in [2.24, 2.45) is 5.92 Å². The van der Waals surface area contributed by atoms with Gasteiger partial charge in [-0.25, -0.2) is 9.18 Å². The summed E-state index contributed by atoms with van der Waals surface area (Å²) >= 11 is 5.84. The summed E-state index contributed by atoms with van der Waals surface area (Å²) in [7, 11) is 1.81. The normalized spacial score (nSPS) is 24.4. The van der Waals surface area contributed by atoms with Crippen molar-refractivity contribution in [3.63, 3.8) is 0 Å². The number of piperazine rings is 1. The molecule has 59 heavy (non-hydrogen) atoms.